The van der Waals surface area contributed by atoms with Crippen LogP contribution in [0, 0.1) is 0 Å². The topological polar surface area (TPSA) is 12.0 Å². The molecule has 1 aromatic carbocycles. The van der Waals surface area contributed by atoms with Crippen molar-refractivity contribution in [1.82, 2.24) is 5.32 Å². The second-order valence-electron chi connectivity index (χ2n) is 3.66. The first-order valence-corrected chi connectivity index (χ1v) is 4.72. The highest BCUT2D eigenvalue weighted by Gasteiger charge is 2.37. The molecule has 1 saturated carbocycles. The minimum Gasteiger partial charge on any atom is -0.304 e. The van der Waals surface area contributed by atoms with E-state index in [1.807, 2.05) is 18.2 Å². The monoisotopic (exact) mass is 179 g/mol. The molecule has 1 nitrogen and oxygen atoms in total. The van der Waals surface area contributed by atoms with Gasteiger partial charge in [0.05, 0.1) is 0 Å². The highest BCUT2D eigenvalue weighted by molar-refractivity contribution is 5.18. The quantitative estimate of drug-likeness (QED) is 0.751. The van der Waals surface area contributed by atoms with Gasteiger partial charge in [0.25, 0.3) is 0 Å². The van der Waals surface area contributed by atoms with E-state index in [0.29, 0.717) is 6.42 Å². The van der Waals surface area contributed by atoms with Crippen molar-refractivity contribution in [2.75, 3.05) is 0 Å². The Morgan fingerprint density at radius 1 is 1.38 bits per heavy atom. The van der Waals surface area contributed by atoms with E-state index >= 15 is 0 Å². The molecule has 1 aliphatic carbocycles. The summed E-state index contributed by atoms with van der Waals surface area (Å²) in [6.07, 6.45) is 0.0585. The van der Waals surface area contributed by atoms with Crippen molar-refractivity contribution in [2.45, 2.75) is 31.6 Å². The fourth-order valence-electron chi connectivity index (χ4n) is 1.50. The molecule has 2 heteroatoms. The van der Waals surface area contributed by atoms with Crippen LogP contribution in [0.15, 0.2) is 30.3 Å². The van der Waals surface area contributed by atoms with Gasteiger partial charge in [0.1, 0.15) is 6.17 Å². The summed E-state index contributed by atoms with van der Waals surface area (Å²) in [5, 5.41) is 3.24. The van der Waals surface area contributed by atoms with Crippen molar-refractivity contribution in [3.8, 4) is 0 Å². The maximum Gasteiger partial charge on any atom is 0.117 e. The molecule has 1 N–H and O–H groups in total. The van der Waals surface area contributed by atoms with Crippen molar-refractivity contribution in [3.63, 3.8) is 0 Å². The predicted molar refractivity (Wildman–Crippen MR) is 51.3 cm³/mol. The lowest BCUT2D eigenvalue weighted by atomic mass is 10.1. The summed E-state index contributed by atoms with van der Waals surface area (Å²) >= 11 is 0. The average molecular weight is 179 g/mol. The van der Waals surface area contributed by atoms with Gasteiger partial charge in [-0.05, 0) is 18.9 Å². The third-order valence-electron chi connectivity index (χ3n) is 2.48. The fourth-order valence-corrected chi connectivity index (χ4v) is 1.50. The van der Waals surface area contributed by atoms with Gasteiger partial charge >= 0.3 is 0 Å². The van der Waals surface area contributed by atoms with Gasteiger partial charge in [0, 0.05) is 12.1 Å². The molecule has 1 fully saturated rings. The normalized spacial score (nSPS) is 28.5. The van der Waals surface area contributed by atoms with Crippen molar-refractivity contribution < 1.29 is 4.39 Å². The van der Waals surface area contributed by atoms with Gasteiger partial charge in [0.15, 0.2) is 0 Å². The second kappa shape index (κ2) is 3.46. The summed E-state index contributed by atoms with van der Waals surface area (Å²) in [6, 6.07) is 10.5. The summed E-state index contributed by atoms with van der Waals surface area (Å²) in [7, 11) is 0. The largest absolute Gasteiger partial charge is 0.304 e. The molecular formula is C11H14FN. The van der Waals surface area contributed by atoms with Gasteiger partial charge < -0.3 is 5.32 Å². The summed E-state index contributed by atoms with van der Waals surface area (Å²) in [6.45, 7) is 2.07. The zero-order chi connectivity index (χ0) is 9.26. The lowest BCUT2D eigenvalue weighted by molar-refractivity contribution is 0.431. The van der Waals surface area contributed by atoms with Crippen molar-refractivity contribution in [2.24, 2.45) is 0 Å². The van der Waals surface area contributed by atoms with E-state index in [1.54, 1.807) is 0 Å². The summed E-state index contributed by atoms with van der Waals surface area (Å²) in [5.41, 5.74) is 1.22. The van der Waals surface area contributed by atoms with E-state index in [9.17, 15) is 4.39 Å². The minimum atomic E-state index is -0.619. The first-order chi connectivity index (χ1) is 6.27. The van der Waals surface area contributed by atoms with Crippen LogP contribution >= 0.6 is 0 Å². The highest BCUT2D eigenvalue weighted by atomic mass is 19.1. The predicted octanol–water partition coefficient (Wildman–Crippen LogP) is 2.45. The van der Waals surface area contributed by atoms with Gasteiger partial charge in [0.2, 0.25) is 0 Å². The molecule has 70 valence electrons. The van der Waals surface area contributed by atoms with Crippen molar-refractivity contribution >= 4 is 0 Å². The van der Waals surface area contributed by atoms with E-state index in [0.717, 1.165) is 0 Å². The number of benzene rings is 1. The molecule has 3 atom stereocenters. The maximum atomic E-state index is 12.6. The summed E-state index contributed by atoms with van der Waals surface area (Å²) < 4.78 is 12.6. The van der Waals surface area contributed by atoms with E-state index in [-0.39, 0.29) is 12.1 Å². The molecule has 0 amide bonds. The Labute approximate surface area is 78.0 Å². The molecule has 2 rings (SSSR count). The summed E-state index contributed by atoms with van der Waals surface area (Å²) in [5.74, 6) is 0. The Morgan fingerprint density at radius 2 is 2.00 bits per heavy atom. The Morgan fingerprint density at radius 3 is 2.54 bits per heavy atom. The molecule has 0 unspecified atom stereocenters. The molecule has 13 heavy (non-hydrogen) atoms. The van der Waals surface area contributed by atoms with E-state index in [2.05, 4.69) is 24.4 Å². The van der Waals surface area contributed by atoms with E-state index < -0.39 is 6.17 Å². The van der Waals surface area contributed by atoms with Crippen LogP contribution < -0.4 is 5.32 Å². The fraction of sp³-hybridized carbons (Fsp3) is 0.455. The Kier molecular flexibility index (Phi) is 2.32. The maximum absolute atomic E-state index is 12.6. The van der Waals surface area contributed by atoms with E-state index in [1.165, 1.54) is 5.56 Å². The number of nitrogens with one attached hydrogen (secondary N) is 1. The van der Waals surface area contributed by atoms with Crippen LogP contribution in [0.3, 0.4) is 0 Å². The molecular weight excluding hydrogens is 165 g/mol. The molecule has 0 spiro atoms. The smallest absolute Gasteiger partial charge is 0.117 e. The van der Waals surface area contributed by atoms with Crippen LogP contribution in [0.2, 0.25) is 0 Å². The average Bonchev–Trinajstić information content (AvgIpc) is 2.83. The van der Waals surface area contributed by atoms with Crippen LogP contribution in [0.1, 0.15) is 24.9 Å². The molecule has 0 heterocycles. The number of hydrogen-bond acceptors (Lipinski definition) is 1. The SMILES string of the molecule is C[C@@H](N[C@@H]1C[C@@H]1F)c1ccccc1. The highest BCUT2D eigenvalue weighted by Crippen LogP contribution is 2.27. The van der Waals surface area contributed by atoms with Crippen LogP contribution in [0.5, 0.6) is 0 Å². The molecule has 0 saturated heterocycles. The number of alkyl halides is 1. The Hall–Kier alpha value is -0.890. The Bertz CT molecular complexity index is 273. The molecule has 0 radical (unpaired) electrons. The third kappa shape index (κ3) is 2.07. The van der Waals surface area contributed by atoms with Gasteiger partial charge in [-0.3, -0.25) is 0 Å². The first kappa shape index (κ1) is 8.70. The zero-order valence-electron chi connectivity index (χ0n) is 7.70. The lowest BCUT2D eigenvalue weighted by Crippen LogP contribution is -2.22. The standard InChI is InChI=1S/C11H14FN/c1-8(13-11-7-10(11)12)9-5-3-2-4-6-9/h2-6,8,10-11,13H,7H2,1H3/t8-,10+,11-/m1/s1. The molecule has 0 bridgehead atoms. The zero-order valence-corrected chi connectivity index (χ0v) is 7.70. The van der Waals surface area contributed by atoms with Crippen LogP contribution in [-0.2, 0) is 0 Å². The van der Waals surface area contributed by atoms with E-state index in [4.69, 9.17) is 0 Å². The Balaban J connectivity index is 1.94. The van der Waals surface area contributed by atoms with Crippen molar-refractivity contribution in [1.29, 1.82) is 0 Å². The van der Waals surface area contributed by atoms with Gasteiger partial charge in [-0.2, -0.15) is 0 Å². The third-order valence-corrected chi connectivity index (χ3v) is 2.48. The van der Waals surface area contributed by atoms with Crippen LogP contribution in [0.25, 0.3) is 0 Å². The molecule has 0 aromatic heterocycles. The molecule has 1 aliphatic rings. The number of hydrogen-bond donors (Lipinski definition) is 1. The summed E-state index contributed by atoms with van der Waals surface area (Å²) in [4.78, 5) is 0. The molecule has 0 aliphatic heterocycles. The second-order valence-corrected chi connectivity index (χ2v) is 3.66. The van der Waals surface area contributed by atoms with Crippen LogP contribution in [-0.4, -0.2) is 12.2 Å². The van der Waals surface area contributed by atoms with Crippen molar-refractivity contribution in [3.05, 3.63) is 35.9 Å². The van der Waals surface area contributed by atoms with Gasteiger partial charge in [-0.1, -0.05) is 30.3 Å². The first-order valence-electron chi connectivity index (χ1n) is 4.72. The minimum absolute atomic E-state index is 0.0928. The number of rotatable bonds is 3. The van der Waals surface area contributed by atoms with Gasteiger partial charge in [-0.15, -0.1) is 0 Å². The number of halogens is 1. The lowest BCUT2D eigenvalue weighted by Gasteiger charge is -2.12. The van der Waals surface area contributed by atoms with Crippen LogP contribution in [0.4, 0.5) is 4.39 Å². The van der Waals surface area contributed by atoms with Gasteiger partial charge in [-0.25, -0.2) is 4.39 Å². The molecule has 1 aromatic rings.